The van der Waals surface area contributed by atoms with Crippen molar-refractivity contribution >= 4 is 20.7 Å². The zero-order valence-electron chi connectivity index (χ0n) is 9.28. The van der Waals surface area contributed by atoms with Gasteiger partial charge in [0.1, 0.15) is 6.04 Å². The lowest BCUT2D eigenvalue weighted by molar-refractivity contribution is -0.209. The predicted molar refractivity (Wildman–Crippen MR) is 57.5 cm³/mol. The van der Waals surface area contributed by atoms with Gasteiger partial charge in [0.25, 0.3) is 0 Å². The Kier molecular flexibility index (Phi) is 5.21. The highest BCUT2D eigenvalue weighted by Gasteiger charge is 2.39. The van der Waals surface area contributed by atoms with Crippen LogP contribution < -0.4 is 4.72 Å². The summed E-state index contributed by atoms with van der Waals surface area (Å²) >= 11 is 0. The molecule has 0 aromatic rings. The Balaban J connectivity index is 2.61. The summed E-state index contributed by atoms with van der Waals surface area (Å²) in [6, 6.07) is -1.52. The fourth-order valence-corrected chi connectivity index (χ4v) is 2.46. The van der Waals surface area contributed by atoms with E-state index in [9.17, 15) is 27.0 Å². The van der Waals surface area contributed by atoms with E-state index in [1.807, 2.05) is 0 Å². The summed E-state index contributed by atoms with van der Waals surface area (Å²) in [6.45, 7) is -0.675. The molecule has 1 aliphatic rings. The van der Waals surface area contributed by atoms with Crippen LogP contribution in [0.5, 0.6) is 0 Å². The molecule has 0 bridgehead atoms. The number of aliphatic hydroxyl groups is 2. The number of nitrogens with one attached hydrogen (secondary N) is 1. The van der Waals surface area contributed by atoms with Crippen molar-refractivity contribution in [3.63, 3.8) is 0 Å². The van der Waals surface area contributed by atoms with Crippen LogP contribution in [-0.4, -0.2) is 67.3 Å². The fourth-order valence-electron chi connectivity index (χ4n) is 1.52. The van der Waals surface area contributed by atoms with Crippen molar-refractivity contribution in [1.29, 1.82) is 0 Å². The molecule has 0 radical (unpaired) electrons. The molecule has 0 amide bonds. The molecule has 13 heteroatoms. The molecule has 0 aromatic carbocycles. The van der Waals surface area contributed by atoms with E-state index in [1.54, 1.807) is 4.72 Å². The van der Waals surface area contributed by atoms with Gasteiger partial charge in [-0.15, -0.1) is 0 Å². The van der Waals surface area contributed by atoms with Crippen molar-refractivity contribution in [2.75, 3.05) is 6.61 Å². The van der Waals surface area contributed by atoms with Gasteiger partial charge in [0.15, 0.2) is 6.29 Å². The Morgan fingerprint density at radius 2 is 1.79 bits per heavy atom. The van der Waals surface area contributed by atoms with Crippen molar-refractivity contribution in [3.05, 3.63) is 0 Å². The quantitative estimate of drug-likeness (QED) is 0.328. The van der Waals surface area contributed by atoms with E-state index in [4.69, 9.17) is 13.8 Å². The number of hydrogen-bond acceptors (Lipinski definition) is 8. The molecule has 0 aliphatic carbocycles. The maximum atomic E-state index is 10.6. The van der Waals surface area contributed by atoms with E-state index in [2.05, 4.69) is 4.18 Å². The molecule has 3 unspecified atom stereocenters. The normalized spacial score (nSPS) is 33.3. The minimum absolute atomic E-state index is 0.292. The molecule has 1 saturated heterocycles. The second-order valence-corrected chi connectivity index (χ2v) is 6.06. The Morgan fingerprint density at radius 3 is 2.21 bits per heavy atom. The number of ether oxygens (including phenoxy) is 1. The molecule has 11 nitrogen and oxygen atoms in total. The van der Waals surface area contributed by atoms with Gasteiger partial charge in [-0.2, -0.15) is 21.6 Å². The van der Waals surface area contributed by atoms with Crippen LogP contribution in [0.15, 0.2) is 0 Å². The SMILES string of the molecule is O=S(=O)(O)NC1C(O)OC(COS(=O)(=O)O)C[C@H]1O. The maximum Gasteiger partial charge on any atom is 0.397 e. The molecule has 0 saturated carbocycles. The molecule has 1 fully saturated rings. The van der Waals surface area contributed by atoms with Crippen LogP contribution in [0.25, 0.3) is 0 Å². The van der Waals surface area contributed by atoms with Gasteiger partial charge in [-0.3, -0.25) is 9.11 Å². The van der Waals surface area contributed by atoms with Crippen molar-refractivity contribution < 1.29 is 45.1 Å². The lowest BCUT2D eigenvalue weighted by Crippen LogP contribution is -2.57. The molecule has 1 heterocycles. The minimum atomic E-state index is -4.70. The average molecular weight is 323 g/mol. The molecule has 0 spiro atoms. The average Bonchev–Trinajstić information content (AvgIpc) is 2.18. The van der Waals surface area contributed by atoms with Crippen LogP contribution in [0.3, 0.4) is 0 Å². The van der Waals surface area contributed by atoms with Gasteiger partial charge in [-0.1, -0.05) is 0 Å². The first-order chi connectivity index (χ1) is 8.48. The zero-order valence-corrected chi connectivity index (χ0v) is 10.9. The van der Waals surface area contributed by atoms with Gasteiger partial charge >= 0.3 is 20.7 Å². The second-order valence-electron chi connectivity index (χ2n) is 3.78. The van der Waals surface area contributed by atoms with E-state index >= 15 is 0 Å². The van der Waals surface area contributed by atoms with Crippen LogP contribution in [0, 0.1) is 0 Å². The summed E-state index contributed by atoms with van der Waals surface area (Å²) in [7, 11) is -9.36. The maximum absolute atomic E-state index is 10.6. The largest absolute Gasteiger partial charge is 0.397 e. The molecular formula is C6H13NO10S2. The lowest BCUT2D eigenvalue weighted by Gasteiger charge is -2.36. The highest BCUT2D eigenvalue weighted by Crippen LogP contribution is 2.20. The minimum Gasteiger partial charge on any atom is -0.391 e. The molecular weight excluding hydrogens is 310 g/mol. The molecule has 1 aliphatic heterocycles. The van der Waals surface area contributed by atoms with Crippen LogP contribution in [-0.2, 0) is 29.6 Å². The standard InChI is InChI=1S/C6H13NO10S2/c8-4-1-3(2-16-19(13,14)15)17-6(9)5(4)7-18(10,11)12/h3-9H,1-2H2,(H,10,11,12)(H,13,14,15)/t3?,4-,5?,6?/m1/s1. The highest BCUT2D eigenvalue weighted by molar-refractivity contribution is 7.83. The number of rotatable bonds is 5. The molecule has 4 atom stereocenters. The third-order valence-electron chi connectivity index (χ3n) is 2.25. The number of aliphatic hydroxyl groups excluding tert-OH is 2. The van der Waals surface area contributed by atoms with Gasteiger partial charge in [0, 0.05) is 6.42 Å². The number of hydrogen-bond donors (Lipinski definition) is 5. The van der Waals surface area contributed by atoms with Crippen molar-refractivity contribution in [1.82, 2.24) is 4.72 Å². The monoisotopic (exact) mass is 323 g/mol. The topological polar surface area (TPSA) is 180 Å². The molecule has 5 N–H and O–H groups in total. The third-order valence-corrected chi connectivity index (χ3v) is 3.25. The zero-order chi connectivity index (χ0) is 14.8. The third kappa shape index (κ3) is 6.07. The van der Waals surface area contributed by atoms with Crippen molar-refractivity contribution in [3.8, 4) is 0 Å². The first-order valence-electron chi connectivity index (χ1n) is 4.86. The van der Waals surface area contributed by atoms with Crippen molar-refractivity contribution in [2.45, 2.75) is 31.0 Å². The van der Waals surface area contributed by atoms with Gasteiger partial charge < -0.3 is 14.9 Å². The summed E-state index contributed by atoms with van der Waals surface area (Å²) in [4.78, 5) is 0. The first kappa shape index (κ1) is 16.7. The van der Waals surface area contributed by atoms with E-state index in [0.29, 0.717) is 0 Å². The van der Waals surface area contributed by atoms with Gasteiger partial charge in [0.2, 0.25) is 0 Å². The Morgan fingerprint density at radius 1 is 1.21 bits per heavy atom. The first-order valence-corrected chi connectivity index (χ1v) is 7.66. The second kappa shape index (κ2) is 5.94. The summed E-state index contributed by atoms with van der Waals surface area (Å²) in [5.74, 6) is 0. The predicted octanol–water partition coefficient (Wildman–Crippen LogP) is -2.96. The van der Waals surface area contributed by atoms with E-state index in [-0.39, 0.29) is 6.42 Å². The van der Waals surface area contributed by atoms with Crippen LogP contribution >= 0.6 is 0 Å². The van der Waals surface area contributed by atoms with Crippen LogP contribution in [0.2, 0.25) is 0 Å². The summed E-state index contributed by atoms with van der Waals surface area (Å²) in [5, 5.41) is 19.0. The van der Waals surface area contributed by atoms with E-state index < -0.39 is 51.8 Å². The van der Waals surface area contributed by atoms with Gasteiger partial charge in [-0.25, -0.2) is 4.18 Å². The fraction of sp³-hybridized carbons (Fsp3) is 1.00. The van der Waals surface area contributed by atoms with Crippen LogP contribution in [0.1, 0.15) is 6.42 Å². The lowest BCUT2D eigenvalue weighted by atomic mass is 10.0. The van der Waals surface area contributed by atoms with Gasteiger partial charge in [-0.05, 0) is 0 Å². The van der Waals surface area contributed by atoms with E-state index in [1.165, 1.54) is 0 Å². The van der Waals surface area contributed by atoms with Gasteiger partial charge in [0.05, 0.1) is 18.8 Å². The molecule has 1 rings (SSSR count). The molecule has 114 valence electrons. The Bertz CT molecular complexity index is 488. The van der Waals surface area contributed by atoms with Crippen molar-refractivity contribution in [2.24, 2.45) is 0 Å². The summed E-state index contributed by atoms with van der Waals surface area (Å²) < 4.78 is 68.9. The molecule has 0 aromatic heterocycles. The highest BCUT2D eigenvalue weighted by atomic mass is 32.3. The van der Waals surface area contributed by atoms with Crippen LogP contribution in [0.4, 0.5) is 0 Å². The van der Waals surface area contributed by atoms with E-state index in [0.717, 1.165) is 0 Å². The smallest absolute Gasteiger partial charge is 0.391 e. The summed E-state index contributed by atoms with van der Waals surface area (Å²) in [6.07, 6.45) is -4.67. The molecule has 19 heavy (non-hydrogen) atoms. The Hall–Kier alpha value is -0.380. The Labute approximate surface area is 109 Å². The summed E-state index contributed by atoms with van der Waals surface area (Å²) in [5.41, 5.74) is 0.